The molecule has 2 nitrogen and oxygen atoms in total. The zero-order chi connectivity index (χ0) is 13.2. The van der Waals surface area contributed by atoms with Gasteiger partial charge in [-0.2, -0.15) is 0 Å². The minimum absolute atomic E-state index is 0.318. The summed E-state index contributed by atoms with van der Waals surface area (Å²) in [5.74, 6) is 0.955. The van der Waals surface area contributed by atoms with Crippen LogP contribution in [0.4, 0.5) is 0 Å². The summed E-state index contributed by atoms with van der Waals surface area (Å²) < 4.78 is 7.82. The van der Waals surface area contributed by atoms with Crippen LogP contribution in [0.25, 0.3) is 0 Å². The van der Waals surface area contributed by atoms with Crippen molar-refractivity contribution in [2.24, 2.45) is 0 Å². The molecular formula is C14H19Br2NO. The van der Waals surface area contributed by atoms with Gasteiger partial charge < -0.3 is 10.1 Å². The van der Waals surface area contributed by atoms with Crippen LogP contribution in [0.1, 0.15) is 38.7 Å². The summed E-state index contributed by atoms with van der Waals surface area (Å²) in [6, 6.07) is 4.16. The molecule has 100 valence electrons. The molecule has 0 spiro atoms. The smallest absolute Gasteiger partial charge is 0.138 e. The minimum atomic E-state index is 0.318. The molecule has 1 aromatic carbocycles. The Morgan fingerprint density at radius 3 is 2.61 bits per heavy atom. The zero-order valence-corrected chi connectivity index (χ0v) is 14.0. The fourth-order valence-electron chi connectivity index (χ4n) is 2.24. The molecule has 0 unspecified atom stereocenters. The second kappa shape index (κ2) is 5.93. The summed E-state index contributed by atoms with van der Waals surface area (Å²) in [4.78, 5) is 0. The summed E-state index contributed by atoms with van der Waals surface area (Å²) in [6.45, 7) is 5.84. The molecule has 0 aromatic heterocycles. The van der Waals surface area contributed by atoms with Crippen LogP contribution in [-0.2, 0) is 6.54 Å². The average molecular weight is 377 g/mol. The first-order valence-corrected chi connectivity index (χ1v) is 7.98. The van der Waals surface area contributed by atoms with Crippen LogP contribution >= 0.6 is 31.9 Å². The fourth-order valence-corrected chi connectivity index (χ4v) is 3.67. The maximum absolute atomic E-state index is 5.73. The van der Waals surface area contributed by atoms with Crippen LogP contribution in [-0.4, -0.2) is 12.1 Å². The van der Waals surface area contributed by atoms with Gasteiger partial charge in [0, 0.05) is 22.1 Å². The van der Waals surface area contributed by atoms with E-state index >= 15 is 0 Å². The Morgan fingerprint density at radius 1 is 1.33 bits per heavy atom. The van der Waals surface area contributed by atoms with Gasteiger partial charge in [0.2, 0.25) is 0 Å². The van der Waals surface area contributed by atoms with Crippen molar-refractivity contribution >= 4 is 31.9 Å². The van der Waals surface area contributed by atoms with Crippen LogP contribution < -0.4 is 10.1 Å². The van der Waals surface area contributed by atoms with Crippen LogP contribution in [0.2, 0.25) is 0 Å². The maximum Gasteiger partial charge on any atom is 0.138 e. The lowest BCUT2D eigenvalue weighted by molar-refractivity contribution is 0.205. The second-order valence-corrected chi connectivity index (χ2v) is 6.85. The van der Waals surface area contributed by atoms with Gasteiger partial charge in [0.25, 0.3) is 0 Å². The summed E-state index contributed by atoms with van der Waals surface area (Å²) in [7, 11) is 0. The van der Waals surface area contributed by atoms with E-state index in [1.54, 1.807) is 0 Å². The second-order valence-electron chi connectivity index (χ2n) is 5.08. The zero-order valence-electron chi connectivity index (χ0n) is 10.9. The van der Waals surface area contributed by atoms with Gasteiger partial charge >= 0.3 is 0 Å². The molecule has 1 N–H and O–H groups in total. The Labute approximate surface area is 126 Å². The Bertz CT molecular complexity index is 430. The summed E-state index contributed by atoms with van der Waals surface area (Å²) in [6.07, 6.45) is 3.88. The van der Waals surface area contributed by atoms with Gasteiger partial charge in [-0.15, -0.1) is 0 Å². The quantitative estimate of drug-likeness (QED) is 0.807. The number of ether oxygens (including phenoxy) is 1. The van der Waals surface area contributed by atoms with E-state index in [2.05, 4.69) is 50.2 Å². The highest BCUT2D eigenvalue weighted by Crippen LogP contribution is 2.35. The molecule has 4 heteroatoms. The highest BCUT2D eigenvalue weighted by molar-refractivity contribution is 9.11. The van der Waals surface area contributed by atoms with Gasteiger partial charge in [0.05, 0.1) is 11.1 Å². The van der Waals surface area contributed by atoms with Crippen LogP contribution in [0.15, 0.2) is 21.1 Å². The highest BCUT2D eigenvalue weighted by Gasteiger charge is 2.31. The highest BCUT2D eigenvalue weighted by atomic mass is 79.9. The molecule has 0 bridgehead atoms. The number of benzene rings is 1. The lowest BCUT2D eigenvalue weighted by Gasteiger charge is -2.39. The largest absolute Gasteiger partial charge is 0.492 e. The first-order chi connectivity index (χ1) is 8.54. The first kappa shape index (κ1) is 14.4. The fraction of sp³-hybridized carbons (Fsp3) is 0.571. The Balaban J connectivity index is 2.14. The predicted molar refractivity (Wildman–Crippen MR) is 82.1 cm³/mol. The van der Waals surface area contributed by atoms with Crippen LogP contribution in [0.3, 0.4) is 0 Å². The van der Waals surface area contributed by atoms with E-state index < -0.39 is 0 Å². The molecule has 1 saturated carbocycles. The molecule has 0 radical (unpaired) electrons. The third-order valence-corrected chi connectivity index (χ3v) is 4.58. The van der Waals surface area contributed by atoms with Crippen molar-refractivity contribution in [2.45, 2.75) is 45.2 Å². The summed E-state index contributed by atoms with van der Waals surface area (Å²) >= 11 is 7.10. The summed E-state index contributed by atoms with van der Waals surface area (Å²) in [5, 5.41) is 3.64. The van der Waals surface area contributed by atoms with Crippen molar-refractivity contribution < 1.29 is 4.74 Å². The monoisotopic (exact) mass is 375 g/mol. The lowest BCUT2D eigenvalue weighted by atomic mass is 9.78. The molecule has 0 saturated heterocycles. The Kier molecular flexibility index (Phi) is 4.73. The maximum atomic E-state index is 5.73. The van der Waals surface area contributed by atoms with Crippen molar-refractivity contribution in [1.29, 1.82) is 0 Å². The van der Waals surface area contributed by atoms with Crippen molar-refractivity contribution in [2.75, 3.05) is 6.61 Å². The molecule has 1 fully saturated rings. The minimum Gasteiger partial charge on any atom is -0.492 e. The number of hydrogen-bond donors (Lipinski definition) is 1. The van der Waals surface area contributed by atoms with E-state index in [1.165, 1.54) is 24.8 Å². The normalized spacial score (nSPS) is 17.3. The van der Waals surface area contributed by atoms with E-state index in [9.17, 15) is 0 Å². The molecule has 0 aliphatic heterocycles. The molecule has 0 atom stereocenters. The van der Waals surface area contributed by atoms with Gasteiger partial charge in [0.15, 0.2) is 0 Å². The molecule has 1 aromatic rings. The van der Waals surface area contributed by atoms with Crippen LogP contribution in [0, 0.1) is 0 Å². The van der Waals surface area contributed by atoms with E-state index in [4.69, 9.17) is 4.74 Å². The van der Waals surface area contributed by atoms with Gasteiger partial charge in [0.1, 0.15) is 5.75 Å². The Hall–Kier alpha value is -0.0600. The number of nitrogens with one attached hydrogen (secondary N) is 1. The topological polar surface area (TPSA) is 21.3 Å². The van der Waals surface area contributed by atoms with E-state index in [-0.39, 0.29) is 0 Å². The summed E-state index contributed by atoms with van der Waals surface area (Å²) in [5.41, 5.74) is 1.52. The third kappa shape index (κ3) is 3.28. The SMILES string of the molecule is CCOc1c(Br)cc(Br)cc1CNC1(C)CCC1. The third-order valence-electron chi connectivity index (χ3n) is 3.54. The Morgan fingerprint density at radius 2 is 2.06 bits per heavy atom. The average Bonchev–Trinajstić information content (AvgIpc) is 2.28. The van der Waals surface area contributed by atoms with Crippen molar-refractivity contribution in [1.82, 2.24) is 5.32 Å². The molecule has 0 heterocycles. The number of rotatable bonds is 5. The van der Waals surface area contributed by atoms with Gasteiger partial charge in [-0.05, 0) is 61.2 Å². The van der Waals surface area contributed by atoms with Crippen molar-refractivity contribution in [3.63, 3.8) is 0 Å². The van der Waals surface area contributed by atoms with Gasteiger partial charge in [-0.3, -0.25) is 0 Å². The van der Waals surface area contributed by atoms with Crippen molar-refractivity contribution in [3.05, 3.63) is 26.6 Å². The molecule has 1 aliphatic rings. The van der Waals surface area contributed by atoms with E-state index in [0.717, 1.165) is 21.2 Å². The standard InChI is InChI=1S/C14H19Br2NO/c1-3-18-13-10(7-11(15)8-12(13)16)9-17-14(2)5-4-6-14/h7-8,17H,3-6,9H2,1-2H3. The lowest BCUT2D eigenvalue weighted by Crippen LogP contribution is -2.47. The first-order valence-electron chi connectivity index (χ1n) is 6.40. The molecule has 0 amide bonds. The van der Waals surface area contributed by atoms with E-state index in [1.807, 2.05) is 13.0 Å². The molecular weight excluding hydrogens is 358 g/mol. The number of halogens is 2. The predicted octanol–water partition coefficient (Wildman–Crippen LogP) is 4.64. The molecule has 18 heavy (non-hydrogen) atoms. The van der Waals surface area contributed by atoms with E-state index in [0.29, 0.717) is 12.1 Å². The van der Waals surface area contributed by atoms with Crippen LogP contribution in [0.5, 0.6) is 5.75 Å². The molecule has 1 aliphatic carbocycles. The van der Waals surface area contributed by atoms with Gasteiger partial charge in [-0.25, -0.2) is 0 Å². The van der Waals surface area contributed by atoms with Gasteiger partial charge in [-0.1, -0.05) is 15.9 Å². The number of hydrogen-bond acceptors (Lipinski definition) is 2. The molecule has 2 rings (SSSR count). The van der Waals surface area contributed by atoms with Crippen molar-refractivity contribution in [3.8, 4) is 5.75 Å².